The van der Waals surface area contributed by atoms with Gasteiger partial charge in [0.2, 0.25) is 0 Å². The summed E-state index contributed by atoms with van der Waals surface area (Å²) in [4.78, 5) is 0. The van der Waals surface area contributed by atoms with E-state index in [4.69, 9.17) is 16.3 Å². The van der Waals surface area contributed by atoms with Gasteiger partial charge in [0.25, 0.3) is 0 Å². The molecule has 3 nitrogen and oxygen atoms in total. The van der Waals surface area contributed by atoms with Crippen LogP contribution in [0, 0.1) is 6.92 Å². The van der Waals surface area contributed by atoms with Gasteiger partial charge in [-0.25, -0.2) is 0 Å². The molecule has 0 amide bonds. The summed E-state index contributed by atoms with van der Waals surface area (Å²) in [6, 6.07) is 11.8. The molecule has 4 heteroatoms. The molecule has 0 fully saturated rings. The van der Waals surface area contributed by atoms with Gasteiger partial charge in [-0.15, -0.1) is 0 Å². The lowest BCUT2D eigenvalue weighted by Crippen LogP contribution is -2.02. The highest BCUT2D eigenvalue weighted by Crippen LogP contribution is 2.31. The lowest BCUT2D eigenvalue weighted by atomic mass is 10.1. The summed E-state index contributed by atoms with van der Waals surface area (Å²) in [5.41, 5.74) is 3.89. The van der Waals surface area contributed by atoms with E-state index in [9.17, 15) is 5.11 Å². The molecule has 0 spiro atoms. The van der Waals surface area contributed by atoms with Gasteiger partial charge in [-0.3, -0.25) is 0 Å². The van der Waals surface area contributed by atoms with Crippen LogP contribution >= 0.6 is 11.6 Å². The predicted octanol–water partition coefficient (Wildman–Crippen LogP) is 3.76. The summed E-state index contributed by atoms with van der Waals surface area (Å²) in [6.07, 6.45) is 0. The lowest BCUT2D eigenvalue weighted by Gasteiger charge is -2.13. The molecule has 20 heavy (non-hydrogen) atoms. The van der Waals surface area contributed by atoms with Crippen LogP contribution in [0.4, 0.5) is 5.69 Å². The number of nitrogens with one attached hydrogen (secondary N) is 1. The standard InChI is InChI=1S/C16H18ClNO2/c1-11-3-5-12(6-4-11)9-18-15-8-16(20-2)13(10-19)7-14(15)17/h3-8,18-19H,9-10H2,1-2H3. The van der Waals surface area contributed by atoms with E-state index in [0.717, 1.165) is 5.69 Å². The zero-order valence-corrected chi connectivity index (χ0v) is 12.4. The molecule has 0 aliphatic heterocycles. The van der Waals surface area contributed by atoms with Crippen LogP contribution in [0.25, 0.3) is 0 Å². The smallest absolute Gasteiger partial charge is 0.126 e. The molecule has 0 radical (unpaired) electrons. The molecule has 106 valence electrons. The van der Waals surface area contributed by atoms with Gasteiger partial charge in [0, 0.05) is 18.2 Å². The highest BCUT2D eigenvalue weighted by atomic mass is 35.5. The maximum Gasteiger partial charge on any atom is 0.126 e. The fraction of sp³-hybridized carbons (Fsp3) is 0.250. The Morgan fingerprint density at radius 1 is 1.20 bits per heavy atom. The first-order chi connectivity index (χ1) is 9.63. The van der Waals surface area contributed by atoms with Crippen LogP contribution in [0.1, 0.15) is 16.7 Å². The van der Waals surface area contributed by atoms with Gasteiger partial charge in [-0.05, 0) is 18.6 Å². The maximum absolute atomic E-state index is 9.24. The Morgan fingerprint density at radius 3 is 2.50 bits per heavy atom. The molecule has 0 bridgehead atoms. The third-order valence-electron chi connectivity index (χ3n) is 3.14. The van der Waals surface area contributed by atoms with Crippen molar-refractivity contribution in [2.24, 2.45) is 0 Å². The number of aliphatic hydroxyl groups excluding tert-OH is 1. The molecule has 0 unspecified atom stereocenters. The van der Waals surface area contributed by atoms with Gasteiger partial charge in [0.1, 0.15) is 5.75 Å². The zero-order valence-electron chi connectivity index (χ0n) is 11.6. The van der Waals surface area contributed by atoms with Crippen molar-refractivity contribution in [1.29, 1.82) is 0 Å². The first-order valence-electron chi connectivity index (χ1n) is 6.40. The summed E-state index contributed by atoms with van der Waals surface area (Å²) in [5, 5.41) is 13.1. The van der Waals surface area contributed by atoms with Gasteiger partial charge in [0.15, 0.2) is 0 Å². The molecular weight excluding hydrogens is 274 g/mol. The van der Waals surface area contributed by atoms with E-state index in [1.807, 2.05) is 6.07 Å². The van der Waals surface area contributed by atoms with Crippen molar-refractivity contribution in [3.05, 3.63) is 58.1 Å². The lowest BCUT2D eigenvalue weighted by molar-refractivity contribution is 0.274. The predicted molar refractivity (Wildman–Crippen MR) is 82.4 cm³/mol. The second kappa shape index (κ2) is 6.64. The molecule has 2 N–H and O–H groups in total. The van der Waals surface area contributed by atoms with Crippen molar-refractivity contribution in [3.8, 4) is 5.75 Å². The number of hydrogen-bond donors (Lipinski definition) is 2. The fourth-order valence-electron chi connectivity index (χ4n) is 1.95. The van der Waals surface area contributed by atoms with E-state index in [1.165, 1.54) is 11.1 Å². The van der Waals surface area contributed by atoms with E-state index in [2.05, 4.69) is 36.5 Å². The van der Waals surface area contributed by atoms with Crippen LogP contribution in [0.2, 0.25) is 5.02 Å². The van der Waals surface area contributed by atoms with Crippen LogP contribution in [-0.2, 0) is 13.2 Å². The number of methoxy groups -OCH3 is 1. The number of anilines is 1. The third-order valence-corrected chi connectivity index (χ3v) is 3.46. The second-order valence-corrected chi connectivity index (χ2v) is 5.05. The van der Waals surface area contributed by atoms with Crippen molar-refractivity contribution in [2.75, 3.05) is 12.4 Å². The van der Waals surface area contributed by atoms with Crippen LogP contribution in [0.5, 0.6) is 5.75 Å². The Balaban J connectivity index is 2.14. The first kappa shape index (κ1) is 14.7. The highest BCUT2D eigenvalue weighted by Gasteiger charge is 2.08. The van der Waals surface area contributed by atoms with Gasteiger partial charge in [0.05, 0.1) is 24.4 Å². The molecule has 2 rings (SSSR count). The van der Waals surface area contributed by atoms with E-state index in [0.29, 0.717) is 22.9 Å². The fourth-order valence-corrected chi connectivity index (χ4v) is 2.20. The van der Waals surface area contributed by atoms with Crippen molar-refractivity contribution < 1.29 is 9.84 Å². The normalized spacial score (nSPS) is 10.4. The third kappa shape index (κ3) is 3.44. The van der Waals surface area contributed by atoms with E-state index >= 15 is 0 Å². The summed E-state index contributed by atoms with van der Waals surface area (Å²) in [6.45, 7) is 2.65. The summed E-state index contributed by atoms with van der Waals surface area (Å²) in [7, 11) is 1.58. The number of ether oxygens (including phenoxy) is 1. The van der Waals surface area contributed by atoms with Crippen molar-refractivity contribution in [3.63, 3.8) is 0 Å². The van der Waals surface area contributed by atoms with Gasteiger partial charge in [-0.1, -0.05) is 41.4 Å². The average Bonchev–Trinajstić information content (AvgIpc) is 2.47. The van der Waals surface area contributed by atoms with E-state index < -0.39 is 0 Å². The van der Waals surface area contributed by atoms with Gasteiger partial charge >= 0.3 is 0 Å². The van der Waals surface area contributed by atoms with Crippen molar-refractivity contribution in [1.82, 2.24) is 0 Å². The maximum atomic E-state index is 9.24. The van der Waals surface area contributed by atoms with Crippen molar-refractivity contribution in [2.45, 2.75) is 20.1 Å². The zero-order chi connectivity index (χ0) is 14.5. The molecule has 0 aromatic heterocycles. The number of halogens is 1. The van der Waals surface area contributed by atoms with Gasteiger partial charge in [-0.2, -0.15) is 0 Å². The Morgan fingerprint density at radius 2 is 1.90 bits per heavy atom. The second-order valence-electron chi connectivity index (χ2n) is 4.64. The number of benzene rings is 2. The number of aliphatic hydroxyl groups is 1. The molecule has 2 aromatic rings. The largest absolute Gasteiger partial charge is 0.496 e. The summed E-state index contributed by atoms with van der Waals surface area (Å²) >= 11 is 6.20. The van der Waals surface area contributed by atoms with E-state index in [-0.39, 0.29) is 6.61 Å². The Hall–Kier alpha value is -1.71. The number of aryl methyl sites for hydroxylation is 1. The van der Waals surface area contributed by atoms with E-state index in [1.54, 1.807) is 13.2 Å². The monoisotopic (exact) mass is 291 g/mol. The molecule has 0 aliphatic rings. The van der Waals surface area contributed by atoms with Crippen LogP contribution in [-0.4, -0.2) is 12.2 Å². The first-order valence-corrected chi connectivity index (χ1v) is 6.78. The minimum Gasteiger partial charge on any atom is -0.496 e. The van der Waals surface area contributed by atoms with Crippen LogP contribution in [0.15, 0.2) is 36.4 Å². The number of rotatable bonds is 5. The van der Waals surface area contributed by atoms with Gasteiger partial charge < -0.3 is 15.2 Å². The molecule has 0 atom stereocenters. The SMILES string of the molecule is COc1cc(NCc2ccc(C)cc2)c(Cl)cc1CO. The topological polar surface area (TPSA) is 41.5 Å². The summed E-state index contributed by atoms with van der Waals surface area (Å²) < 4.78 is 5.24. The summed E-state index contributed by atoms with van der Waals surface area (Å²) in [5.74, 6) is 0.628. The quantitative estimate of drug-likeness (QED) is 0.881. The molecule has 0 aliphatic carbocycles. The molecule has 0 saturated heterocycles. The Kier molecular flexibility index (Phi) is 4.88. The molecule has 2 aromatic carbocycles. The average molecular weight is 292 g/mol. The van der Waals surface area contributed by atoms with Crippen molar-refractivity contribution >= 4 is 17.3 Å². The minimum atomic E-state index is -0.0961. The van der Waals surface area contributed by atoms with Crippen LogP contribution < -0.4 is 10.1 Å². The van der Waals surface area contributed by atoms with Crippen LogP contribution in [0.3, 0.4) is 0 Å². The Bertz CT molecular complexity index is 582. The minimum absolute atomic E-state index is 0.0961. The molecular formula is C16H18ClNO2. The highest BCUT2D eigenvalue weighted by molar-refractivity contribution is 6.33. The Labute approximate surface area is 124 Å². The number of hydrogen-bond acceptors (Lipinski definition) is 3. The molecule has 0 saturated carbocycles. The molecule has 0 heterocycles.